The second-order valence-corrected chi connectivity index (χ2v) is 9.62. The molecule has 2 atom stereocenters. The first kappa shape index (κ1) is 22.3. The molecule has 2 N–H and O–H groups in total. The van der Waals surface area contributed by atoms with Gasteiger partial charge in [0.1, 0.15) is 17.1 Å². The van der Waals surface area contributed by atoms with Gasteiger partial charge in [-0.05, 0) is 56.2 Å². The highest BCUT2D eigenvalue weighted by atomic mass is 16.5. The van der Waals surface area contributed by atoms with Crippen molar-refractivity contribution in [3.63, 3.8) is 0 Å². The maximum Gasteiger partial charge on any atom is 0.205 e. The molecule has 36 heavy (non-hydrogen) atoms. The number of fused-ring (bicyclic) bond motifs is 6. The van der Waals surface area contributed by atoms with E-state index < -0.39 is 11.2 Å². The van der Waals surface area contributed by atoms with Crippen molar-refractivity contribution in [1.82, 2.24) is 4.57 Å². The predicted octanol–water partition coefficient (Wildman–Crippen LogP) is 5.63. The number of ether oxygens (including phenoxy) is 3. The summed E-state index contributed by atoms with van der Waals surface area (Å²) in [6.45, 7) is 2.35. The standard InChI is InChI=1S/C29H26N2O5/c1-28-13-14-29(36-28,15-16-35-20-10-8-19(34-2)9-11-20)25-24(28)26(32)31(27(25)33)23-12-7-18(17-30)21-5-3-4-6-22(21)23/h3-12,32-33H,13-16H2,1-2H3/t28?,29-/m0/s1. The summed E-state index contributed by atoms with van der Waals surface area (Å²) in [6, 6.07) is 20.6. The fraction of sp³-hybridized carbons (Fsp3) is 0.276. The first-order valence-electron chi connectivity index (χ1n) is 12.0. The van der Waals surface area contributed by atoms with E-state index in [1.165, 1.54) is 4.57 Å². The quantitative estimate of drug-likeness (QED) is 0.370. The van der Waals surface area contributed by atoms with Crippen molar-refractivity contribution in [2.75, 3.05) is 13.7 Å². The maximum atomic E-state index is 11.5. The average molecular weight is 483 g/mol. The highest BCUT2D eigenvalue weighted by Crippen LogP contribution is 2.65. The van der Waals surface area contributed by atoms with E-state index in [0.717, 1.165) is 28.7 Å². The lowest BCUT2D eigenvalue weighted by atomic mass is 9.78. The van der Waals surface area contributed by atoms with Gasteiger partial charge in [0, 0.05) is 17.2 Å². The summed E-state index contributed by atoms with van der Waals surface area (Å²) in [5.41, 5.74) is 0.943. The summed E-state index contributed by atoms with van der Waals surface area (Å²) in [5.74, 6) is 1.41. The summed E-state index contributed by atoms with van der Waals surface area (Å²) in [7, 11) is 1.62. The smallest absolute Gasteiger partial charge is 0.205 e. The summed E-state index contributed by atoms with van der Waals surface area (Å²) < 4.78 is 19.2. The monoisotopic (exact) mass is 482 g/mol. The van der Waals surface area contributed by atoms with Crippen LogP contribution in [-0.4, -0.2) is 28.5 Å². The number of nitriles is 1. The molecule has 1 fully saturated rings. The molecule has 0 radical (unpaired) electrons. The van der Waals surface area contributed by atoms with E-state index in [1.807, 2.05) is 55.5 Å². The highest BCUT2D eigenvalue weighted by molar-refractivity contribution is 5.95. The molecule has 6 rings (SSSR count). The van der Waals surface area contributed by atoms with Crippen LogP contribution in [-0.2, 0) is 15.9 Å². The van der Waals surface area contributed by atoms with Gasteiger partial charge in [0.2, 0.25) is 11.8 Å². The highest BCUT2D eigenvalue weighted by Gasteiger charge is 2.61. The summed E-state index contributed by atoms with van der Waals surface area (Å²) >= 11 is 0. The molecule has 0 spiro atoms. The van der Waals surface area contributed by atoms with Crippen molar-refractivity contribution in [3.8, 4) is 35.0 Å². The normalized spacial score (nSPS) is 21.9. The van der Waals surface area contributed by atoms with E-state index in [1.54, 1.807) is 19.2 Å². The summed E-state index contributed by atoms with van der Waals surface area (Å²) in [4.78, 5) is 0. The second kappa shape index (κ2) is 7.94. The zero-order chi connectivity index (χ0) is 25.1. The van der Waals surface area contributed by atoms with Crippen molar-refractivity contribution < 1.29 is 24.4 Å². The van der Waals surface area contributed by atoms with Crippen LogP contribution in [0.25, 0.3) is 16.5 Å². The van der Waals surface area contributed by atoms with Crippen LogP contribution in [0.5, 0.6) is 23.3 Å². The van der Waals surface area contributed by atoms with Crippen LogP contribution in [0.3, 0.4) is 0 Å². The van der Waals surface area contributed by atoms with Crippen LogP contribution < -0.4 is 9.47 Å². The van der Waals surface area contributed by atoms with Gasteiger partial charge in [0.05, 0.1) is 47.8 Å². The molecular formula is C29H26N2O5. The van der Waals surface area contributed by atoms with Gasteiger partial charge in [-0.1, -0.05) is 24.3 Å². The van der Waals surface area contributed by atoms with Gasteiger partial charge in [0.15, 0.2) is 0 Å². The Kier molecular flexibility index (Phi) is 4.92. The molecule has 1 saturated heterocycles. The molecule has 2 aliphatic rings. The van der Waals surface area contributed by atoms with E-state index in [-0.39, 0.29) is 11.8 Å². The van der Waals surface area contributed by atoms with E-state index in [2.05, 4.69) is 6.07 Å². The van der Waals surface area contributed by atoms with E-state index in [4.69, 9.17) is 14.2 Å². The molecule has 0 saturated carbocycles. The van der Waals surface area contributed by atoms with Crippen molar-refractivity contribution in [3.05, 3.63) is 77.4 Å². The zero-order valence-electron chi connectivity index (χ0n) is 20.1. The van der Waals surface area contributed by atoms with Gasteiger partial charge < -0.3 is 24.4 Å². The lowest BCUT2D eigenvalue weighted by Gasteiger charge is -2.26. The van der Waals surface area contributed by atoms with Crippen molar-refractivity contribution in [2.45, 2.75) is 37.4 Å². The molecule has 1 aromatic heterocycles. The van der Waals surface area contributed by atoms with Crippen molar-refractivity contribution in [2.24, 2.45) is 0 Å². The second-order valence-electron chi connectivity index (χ2n) is 9.62. The van der Waals surface area contributed by atoms with E-state index >= 15 is 0 Å². The molecule has 3 heterocycles. The molecule has 182 valence electrons. The number of aromatic hydroxyl groups is 2. The van der Waals surface area contributed by atoms with Gasteiger partial charge in [-0.25, -0.2) is 0 Å². The van der Waals surface area contributed by atoms with Gasteiger partial charge in [-0.2, -0.15) is 5.26 Å². The SMILES string of the molecule is COc1ccc(OCC[C@]23CCC(C)(O2)c2c3c(O)n(-c3ccc(C#N)c4ccccc34)c2O)cc1. The third-order valence-corrected chi connectivity index (χ3v) is 7.63. The first-order chi connectivity index (χ1) is 17.4. The van der Waals surface area contributed by atoms with Crippen molar-refractivity contribution in [1.29, 1.82) is 5.26 Å². The van der Waals surface area contributed by atoms with Gasteiger partial charge in [0.25, 0.3) is 0 Å². The van der Waals surface area contributed by atoms with Crippen LogP contribution in [0.4, 0.5) is 0 Å². The van der Waals surface area contributed by atoms with Crippen molar-refractivity contribution >= 4 is 10.8 Å². The molecule has 2 bridgehead atoms. The Labute approximate surface area is 208 Å². The molecule has 7 heteroatoms. The number of hydrogen-bond acceptors (Lipinski definition) is 6. The number of benzene rings is 3. The third-order valence-electron chi connectivity index (χ3n) is 7.63. The lowest BCUT2D eigenvalue weighted by Crippen LogP contribution is -2.25. The number of nitrogens with zero attached hydrogens (tertiary/aromatic N) is 2. The Morgan fingerprint density at radius 1 is 0.944 bits per heavy atom. The first-order valence-corrected chi connectivity index (χ1v) is 12.0. The molecule has 1 unspecified atom stereocenters. The summed E-state index contributed by atoms with van der Waals surface area (Å²) in [5, 5.41) is 34.1. The fourth-order valence-electron chi connectivity index (χ4n) is 5.92. The average Bonchev–Trinajstić information content (AvgIpc) is 3.48. The zero-order valence-corrected chi connectivity index (χ0v) is 20.1. The Hall–Kier alpha value is -4.15. The number of rotatable bonds is 6. The molecule has 4 aromatic rings. The molecule has 2 aliphatic heterocycles. The van der Waals surface area contributed by atoms with Crippen LogP contribution in [0.2, 0.25) is 0 Å². The Morgan fingerprint density at radius 3 is 2.36 bits per heavy atom. The van der Waals surface area contributed by atoms with Gasteiger partial charge >= 0.3 is 0 Å². The molecule has 3 aromatic carbocycles. The Bertz CT molecular complexity index is 1530. The van der Waals surface area contributed by atoms with Crippen LogP contribution >= 0.6 is 0 Å². The Balaban J connectivity index is 1.40. The van der Waals surface area contributed by atoms with Crippen LogP contribution in [0.15, 0.2) is 60.7 Å². The summed E-state index contributed by atoms with van der Waals surface area (Å²) in [6.07, 6.45) is 1.97. The molecular weight excluding hydrogens is 456 g/mol. The topological polar surface area (TPSA) is 96.9 Å². The van der Waals surface area contributed by atoms with Crippen LogP contribution in [0, 0.1) is 11.3 Å². The Morgan fingerprint density at radius 2 is 1.64 bits per heavy atom. The minimum absolute atomic E-state index is 0.0301. The lowest BCUT2D eigenvalue weighted by molar-refractivity contribution is -0.0876. The molecule has 0 amide bonds. The van der Waals surface area contributed by atoms with Crippen LogP contribution in [0.1, 0.15) is 42.9 Å². The molecule has 0 aliphatic carbocycles. The fourth-order valence-corrected chi connectivity index (χ4v) is 5.92. The van der Waals surface area contributed by atoms with Gasteiger partial charge in [-0.15, -0.1) is 0 Å². The number of methoxy groups -OCH3 is 1. The van der Waals surface area contributed by atoms with E-state index in [0.29, 0.717) is 41.8 Å². The minimum atomic E-state index is -0.758. The maximum absolute atomic E-state index is 11.5. The largest absolute Gasteiger partial charge is 0.497 e. The third kappa shape index (κ3) is 3.08. The van der Waals surface area contributed by atoms with Gasteiger partial charge in [-0.3, -0.25) is 4.57 Å². The number of aromatic nitrogens is 1. The minimum Gasteiger partial charge on any atom is -0.497 e. The molecule has 7 nitrogen and oxygen atoms in total. The predicted molar refractivity (Wildman–Crippen MR) is 134 cm³/mol. The number of hydrogen-bond donors (Lipinski definition) is 2. The van der Waals surface area contributed by atoms with E-state index in [9.17, 15) is 15.5 Å².